The minimum Gasteiger partial charge on any atom is -0.367 e. The second-order valence-corrected chi connectivity index (χ2v) is 4.38. The van der Waals surface area contributed by atoms with Crippen LogP contribution in [0.5, 0.6) is 0 Å². The summed E-state index contributed by atoms with van der Waals surface area (Å²) in [5.74, 6) is -0.0752. The topological polar surface area (TPSA) is 32.9 Å². The first-order valence-corrected chi connectivity index (χ1v) is 5.48. The normalized spacial score (nSPS) is 10.3. The van der Waals surface area contributed by atoms with E-state index in [-0.39, 0.29) is 5.78 Å². The van der Waals surface area contributed by atoms with Crippen LogP contribution in [0.25, 0.3) is 0 Å². The van der Waals surface area contributed by atoms with Crippen molar-refractivity contribution in [2.45, 2.75) is 0 Å². The number of hydrogen-bond acceptors (Lipinski definition) is 1. The van der Waals surface area contributed by atoms with Crippen LogP contribution >= 0.6 is 27.5 Å². The molecule has 0 amide bonds. The lowest BCUT2D eigenvalue weighted by molar-refractivity contribution is 0.103. The molecule has 0 aliphatic heterocycles. The summed E-state index contributed by atoms with van der Waals surface area (Å²) in [6.07, 6.45) is 3.36. The molecule has 0 bridgehead atoms. The molecule has 0 radical (unpaired) electrons. The van der Waals surface area contributed by atoms with Gasteiger partial charge in [-0.3, -0.25) is 4.79 Å². The number of aromatic amines is 1. The number of halogens is 2. The predicted molar refractivity (Wildman–Crippen MR) is 63.4 cm³/mol. The third-order valence-corrected chi connectivity index (χ3v) is 2.84. The van der Waals surface area contributed by atoms with E-state index < -0.39 is 0 Å². The maximum absolute atomic E-state index is 11.9. The van der Waals surface area contributed by atoms with Crippen molar-refractivity contribution in [3.05, 3.63) is 57.3 Å². The highest BCUT2D eigenvalue weighted by molar-refractivity contribution is 9.10. The van der Waals surface area contributed by atoms with Crippen molar-refractivity contribution in [2.75, 3.05) is 0 Å². The number of benzene rings is 1. The first kappa shape index (κ1) is 10.5. The van der Waals surface area contributed by atoms with Gasteiger partial charge in [0.15, 0.2) is 5.78 Å². The van der Waals surface area contributed by atoms with E-state index in [2.05, 4.69) is 20.9 Å². The summed E-state index contributed by atoms with van der Waals surface area (Å²) < 4.78 is 0.859. The molecule has 76 valence electrons. The Kier molecular flexibility index (Phi) is 2.93. The molecule has 2 nitrogen and oxygen atoms in total. The van der Waals surface area contributed by atoms with E-state index >= 15 is 0 Å². The van der Waals surface area contributed by atoms with Crippen LogP contribution in [0.1, 0.15) is 15.9 Å². The second-order valence-electron chi connectivity index (χ2n) is 3.05. The molecule has 0 unspecified atom stereocenters. The van der Waals surface area contributed by atoms with Crippen LogP contribution in [0.15, 0.2) is 41.1 Å². The van der Waals surface area contributed by atoms with Gasteiger partial charge in [-0.05, 0) is 24.3 Å². The molecule has 0 aliphatic rings. The highest BCUT2D eigenvalue weighted by Crippen LogP contribution is 2.23. The van der Waals surface area contributed by atoms with Crippen LogP contribution in [0.2, 0.25) is 5.02 Å². The van der Waals surface area contributed by atoms with Gasteiger partial charge >= 0.3 is 0 Å². The molecule has 1 aromatic carbocycles. The minimum absolute atomic E-state index is 0.0752. The van der Waals surface area contributed by atoms with Gasteiger partial charge in [0.05, 0.1) is 5.02 Å². The molecular weight excluding hydrogens is 277 g/mol. The molecule has 2 rings (SSSR count). The molecule has 1 heterocycles. The number of carbonyl (C=O) groups is 1. The lowest BCUT2D eigenvalue weighted by Crippen LogP contribution is -2.00. The summed E-state index contributed by atoms with van der Waals surface area (Å²) in [5.41, 5.74) is 1.12. The monoisotopic (exact) mass is 283 g/mol. The van der Waals surface area contributed by atoms with Crippen molar-refractivity contribution >= 4 is 33.3 Å². The molecule has 0 atom stereocenters. The molecule has 1 aromatic heterocycles. The molecule has 15 heavy (non-hydrogen) atoms. The van der Waals surface area contributed by atoms with Gasteiger partial charge in [-0.1, -0.05) is 27.5 Å². The number of ketones is 1. The molecule has 0 spiro atoms. The Bertz CT molecular complexity index is 493. The molecular formula is C11H7BrClNO. The highest BCUT2D eigenvalue weighted by Gasteiger charge is 2.12. The van der Waals surface area contributed by atoms with Crippen LogP contribution in [0, 0.1) is 0 Å². The van der Waals surface area contributed by atoms with Gasteiger partial charge in [0.1, 0.15) is 0 Å². The van der Waals surface area contributed by atoms with Gasteiger partial charge in [0.2, 0.25) is 0 Å². The lowest BCUT2D eigenvalue weighted by Gasteiger charge is -2.01. The minimum atomic E-state index is -0.0752. The standard InChI is InChI=1S/C11H7BrClNO/c12-8-1-2-9(10(13)5-8)11(15)7-3-4-14-6-7/h1-6,14H. The molecule has 0 fully saturated rings. The molecule has 4 heteroatoms. The zero-order valence-corrected chi connectivity index (χ0v) is 9.97. The summed E-state index contributed by atoms with van der Waals surface area (Å²) in [7, 11) is 0. The maximum Gasteiger partial charge on any atom is 0.196 e. The Labute approximate surface area is 100 Å². The van der Waals surface area contributed by atoms with E-state index in [1.54, 1.807) is 36.7 Å². The fourth-order valence-electron chi connectivity index (χ4n) is 1.29. The summed E-state index contributed by atoms with van der Waals surface area (Å²) in [6.45, 7) is 0. The lowest BCUT2D eigenvalue weighted by atomic mass is 10.1. The van der Waals surface area contributed by atoms with Gasteiger partial charge in [-0.2, -0.15) is 0 Å². The summed E-state index contributed by atoms with van der Waals surface area (Å²) in [4.78, 5) is 14.8. The Morgan fingerprint density at radius 3 is 2.73 bits per heavy atom. The molecule has 1 N–H and O–H groups in total. The van der Waals surface area contributed by atoms with Crippen molar-refractivity contribution in [3.63, 3.8) is 0 Å². The van der Waals surface area contributed by atoms with Crippen molar-refractivity contribution in [3.8, 4) is 0 Å². The SMILES string of the molecule is O=C(c1cc[nH]c1)c1ccc(Br)cc1Cl. The highest BCUT2D eigenvalue weighted by atomic mass is 79.9. The van der Waals surface area contributed by atoms with Crippen molar-refractivity contribution in [2.24, 2.45) is 0 Å². The Hall–Kier alpha value is -1.06. The largest absolute Gasteiger partial charge is 0.367 e. The number of carbonyl (C=O) groups excluding carboxylic acids is 1. The zero-order chi connectivity index (χ0) is 10.8. The van der Waals surface area contributed by atoms with Crippen LogP contribution in [0.4, 0.5) is 0 Å². The van der Waals surface area contributed by atoms with E-state index in [4.69, 9.17) is 11.6 Å². The number of nitrogens with one attached hydrogen (secondary N) is 1. The maximum atomic E-state index is 11.9. The predicted octanol–water partition coefficient (Wildman–Crippen LogP) is 3.66. The average Bonchev–Trinajstić information content (AvgIpc) is 2.69. The number of rotatable bonds is 2. The fraction of sp³-hybridized carbons (Fsp3) is 0. The Morgan fingerprint density at radius 2 is 2.13 bits per heavy atom. The van der Waals surface area contributed by atoms with Crippen molar-refractivity contribution in [1.82, 2.24) is 4.98 Å². The summed E-state index contributed by atoms with van der Waals surface area (Å²) in [6, 6.07) is 6.94. The van der Waals surface area contributed by atoms with Crippen LogP contribution in [0.3, 0.4) is 0 Å². The van der Waals surface area contributed by atoms with Crippen LogP contribution < -0.4 is 0 Å². The molecule has 2 aromatic rings. The fourth-order valence-corrected chi connectivity index (χ4v) is 2.05. The summed E-state index contributed by atoms with van der Waals surface area (Å²) >= 11 is 9.27. The molecule has 0 saturated carbocycles. The zero-order valence-electron chi connectivity index (χ0n) is 7.63. The first-order valence-electron chi connectivity index (χ1n) is 4.31. The van der Waals surface area contributed by atoms with Gasteiger partial charge in [-0.25, -0.2) is 0 Å². The third-order valence-electron chi connectivity index (χ3n) is 2.04. The summed E-state index contributed by atoms with van der Waals surface area (Å²) in [5, 5.41) is 0.454. The smallest absolute Gasteiger partial charge is 0.196 e. The van der Waals surface area contributed by atoms with Crippen LogP contribution in [-0.2, 0) is 0 Å². The molecule has 0 saturated heterocycles. The first-order chi connectivity index (χ1) is 7.18. The number of hydrogen-bond donors (Lipinski definition) is 1. The number of aromatic nitrogens is 1. The van der Waals surface area contributed by atoms with E-state index in [1.165, 1.54) is 0 Å². The van der Waals surface area contributed by atoms with Gasteiger partial charge in [-0.15, -0.1) is 0 Å². The van der Waals surface area contributed by atoms with E-state index in [1.807, 2.05) is 0 Å². The van der Waals surface area contributed by atoms with Gasteiger partial charge in [0, 0.05) is 28.0 Å². The third kappa shape index (κ3) is 2.13. The Balaban J connectivity index is 2.42. The van der Waals surface area contributed by atoms with Crippen LogP contribution in [-0.4, -0.2) is 10.8 Å². The van der Waals surface area contributed by atoms with Crippen molar-refractivity contribution < 1.29 is 4.79 Å². The number of H-pyrrole nitrogens is 1. The van der Waals surface area contributed by atoms with E-state index in [9.17, 15) is 4.79 Å². The second kappa shape index (κ2) is 4.21. The molecule has 0 aliphatic carbocycles. The van der Waals surface area contributed by atoms with Gasteiger partial charge in [0.25, 0.3) is 0 Å². The van der Waals surface area contributed by atoms with Gasteiger partial charge < -0.3 is 4.98 Å². The quantitative estimate of drug-likeness (QED) is 0.839. The van der Waals surface area contributed by atoms with E-state index in [0.29, 0.717) is 16.1 Å². The Morgan fingerprint density at radius 1 is 1.33 bits per heavy atom. The van der Waals surface area contributed by atoms with E-state index in [0.717, 1.165) is 4.47 Å². The average molecular weight is 285 g/mol. The van der Waals surface area contributed by atoms with Crippen molar-refractivity contribution in [1.29, 1.82) is 0 Å².